The lowest BCUT2D eigenvalue weighted by molar-refractivity contribution is 0.0946. The van der Waals surface area contributed by atoms with Crippen molar-refractivity contribution in [3.63, 3.8) is 0 Å². The Kier molecular flexibility index (Phi) is 4.48. The number of halogens is 1. The Morgan fingerprint density at radius 3 is 2.68 bits per heavy atom. The molecule has 7 heteroatoms. The van der Waals surface area contributed by atoms with Gasteiger partial charge in [-0.2, -0.15) is 0 Å². The van der Waals surface area contributed by atoms with Crippen molar-refractivity contribution < 1.29 is 9.18 Å². The summed E-state index contributed by atoms with van der Waals surface area (Å²) in [5.41, 5.74) is 1.13. The number of likely N-dealkylation sites (tertiary alicyclic amines) is 1. The van der Waals surface area contributed by atoms with Gasteiger partial charge in [0.1, 0.15) is 5.82 Å². The number of nitrogens with zero attached hydrogens (tertiary/aromatic N) is 4. The number of hydrogen-bond acceptors (Lipinski definition) is 4. The summed E-state index contributed by atoms with van der Waals surface area (Å²) in [7, 11) is 0. The molecule has 1 aliphatic carbocycles. The molecule has 2 aromatic rings. The monoisotopic (exact) mass is 343 g/mol. The highest BCUT2D eigenvalue weighted by atomic mass is 19.1. The first-order valence-corrected chi connectivity index (χ1v) is 8.87. The number of hydrogen-bond donors (Lipinski definition) is 1. The first kappa shape index (κ1) is 16.2. The van der Waals surface area contributed by atoms with Gasteiger partial charge in [0.2, 0.25) is 0 Å². The largest absolute Gasteiger partial charge is 0.348 e. The van der Waals surface area contributed by atoms with E-state index >= 15 is 0 Å². The van der Waals surface area contributed by atoms with E-state index in [2.05, 4.69) is 20.5 Å². The molecule has 1 aliphatic heterocycles. The molecule has 1 saturated carbocycles. The Morgan fingerprint density at radius 1 is 1.20 bits per heavy atom. The lowest BCUT2D eigenvalue weighted by atomic mass is 10.0. The van der Waals surface area contributed by atoms with Crippen LogP contribution < -0.4 is 5.32 Å². The minimum Gasteiger partial charge on any atom is -0.348 e. The maximum atomic E-state index is 13.8. The van der Waals surface area contributed by atoms with Crippen molar-refractivity contribution in [2.24, 2.45) is 0 Å². The molecule has 1 N–H and O–H groups in total. The molecular formula is C18H22FN5O. The third kappa shape index (κ3) is 3.87. The van der Waals surface area contributed by atoms with Crippen LogP contribution in [-0.4, -0.2) is 44.9 Å². The van der Waals surface area contributed by atoms with E-state index < -0.39 is 0 Å². The van der Waals surface area contributed by atoms with Crippen LogP contribution in [0, 0.1) is 5.82 Å². The molecule has 2 fully saturated rings. The lowest BCUT2D eigenvalue weighted by Crippen LogP contribution is -2.34. The van der Waals surface area contributed by atoms with E-state index in [0.29, 0.717) is 18.3 Å². The van der Waals surface area contributed by atoms with E-state index in [1.165, 1.54) is 6.07 Å². The molecule has 2 aliphatic rings. The third-order valence-electron chi connectivity index (χ3n) is 4.94. The molecular weight excluding hydrogens is 321 g/mol. The first-order chi connectivity index (χ1) is 12.2. The van der Waals surface area contributed by atoms with Gasteiger partial charge in [-0.25, -0.2) is 9.07 Å². The van der Waals surface area contributed by atoms with Crippen molar-refractivity contribution >= 4 is 5.91 Å². The van der Waals surface area contributed by atoms with E-state index in [-0.39, 0.29) is 17.8 Å². The summed E-state index contributed by atoms with van der Waals surface area (Å²) in [6.45, 7) is 2.39. The molecule has 1 saturated heterocycles. The van der Waals surface area contributed by atoms with Crippen molar-refractivity contribution in [3.8, 4) is 0 Å². The summed E-state index contributed by atoms with van der Waals surface area (Å²) in [5.74, 6) is -0.280. The highest BCUT2D eigenvalue weighted by molar-refractivity contribution is 5.92. The SMILES string of the molecule is O=C(NC1CC1)c1cn(C2CCN(Cc3ccccc3F)CC2)nn1. The van der Waals surface area contributed by atoms with Crippen LogP contribution in [0.15, 0.2) is 30.5 Å². The van der Waals surface area contributed by atoms with Crippen molar-refractivity contribution in [2.75, 3.05) is 13.1 Å². The van der Waals surface area contributed by atoms with Gasteiger partial charge < -0.3 is 5.32 Å². The Balaban J connectivity index is 1.32. The van der Waals surface area contributed by atoms with Gasteiger partial charge in [-0.3, -0.25) is 9.69 Å². The molecule has 0 unspecified atom stereocenters. The summed E-state index contributed by atoms with van der Waals surface area (Å²) < 4.78 is 15.6. The van der Waals surface area contributed by atoms with Gasteiger partial charge in [0.05, 0.1) is 12.2 Å². The number of carbonyl (C=O) groups excluding carboxylic acids is 1. The second-order valence-electron chi connectivity index (χ2n) is 6.93. The molecule has 25 heavy (non-hydrogen) atoms. The second kappa shape index (κ2) is 6.92. The number of rotatable bonds is 5. The average molecular weight is 343 g/mol. The molecule has 1 amide bonds. The van der Waals surface area contributed by atoms with Gasteiger partial charge in [0.25, 0.3) is 5.91 Å². The van der Waals surface area contributed by atoms with Crippen LogP contribution in [0.25, 0.3) is 0 Å². The van der Waals surface area contributed by atoms with E-state index in [9.17, 15) is 9.18 Å². The molecule has 0 atom stereocenters. The summed E-state index contributed by atoms with van der Waals surface area (Å²) in [4.78, 5) is 14.3. The fourth-order valence-electron chi connectivity index (χ4n) is 3.26. The van der Waals surface area contributed by atoms with Crippen LogP contribution >= 0.6 is 0 Å². The highest BCUT2D eigenvalue weighted by Gasteiger charge is 2.26. The molecule has 1 aromatic heterocycles. The quantitative estimate of drug-likeness (QED) is 0.904. The standard InChI is InChI=1S/C18H22FN5O/c19-16-4-2-1-3-13(16)11-23-9-7-15(8-10-23)24-12-17(21-22-24)18(25)20-14-5-6-14/h1-4,12,14-15H,5-11H2,(H,20,25). The van der Waals surface area contributed by atoms with Crippen molar-refractivity contribution in [1.82, 2.24) is 25.2 Å². The van der Waals surface area contributed by atoms with Crippen molar-refractivity contribution in [3.05, 3.63) is 47.5 Å². The predicted molar refractivity (Wildman–Crippen MR) is 90.5 cm³/mol. The van der Waals surface area contributed by atoms with Crippen LogP contribution in [0.2, 0.25) is 0 Å². The molecule has 0 bridgehead atoms. The number of piperidine rings is 1. The third-order valence-corrected chi connectivity index (χ3v) is 4.94. The maximum absolute atomic E-state index is 13.8. The fourth-order valence-corrected chi connectivity index (χ4v) is 3.26. The molecule has 4 rings (SSSR count). The smallest absolute Gasteiger partial charge is 0.273 e. The number of amides is 1. The zero-order valence-corrected chi connectivity index (χ0v) is 14.1. The molecule has 0 radical (unpaired) electrons. The maximum Gasteiger partial charge on any atom is 0.273 e. The minimum atomic E-state index is -0.146. The van der Waals surface area contributed by atoms with Crippen LogP contribution in [0.1, 0.15) is 47.8 Å². The molecule has 132 valence electrons. The Morgan fingerprint density at radius 2 is 1.96 bits per heavy atom. The highest BCUT2D eigenvalue weighted by Crippen LogP contribution is 2.24. The summed E-state index contributed by atoms with van der Waals surface area (Å²) >= 11 is 0. The Labute approximate surface area is 146 Å². The number of benzene rings is 1. The number of nitrogens with one attached hydrogen (secondary N) is 1. The zero-order chi connectivity index (χ0) is 17.2. The second-order valence-corrected chi connectivity index (χ2v) is 6.93. The molecule has 0 spiro atoms. The first-order valence-electron chi connectivity index (χ1n) is 8.87. The normalized spacial score (nSPS) is 19.1. The number of carbonyl (C=O) groups is 1. The Hall–Kier alpha value is -2.28. The van der Waals surface area contributed by atoms with Gasteiger partial charge in [0.15, 0.2) is 5.69 Å². The average Bonchev–Trinajstić information content (AvgIpc) is 3.29. The Bertz CT molecular complexity index is 749. The summed E-state index contributed by atoms with van der Waals surface area (Å²) in [6.07, 6.45) is 5.69. The summed E-state index contributed by atoms with van der Waals surface area (Å²) in [5, 5.41) is 11.1. The van der Waals surface area contributed by atoms with Crippen molar-refractivity contribution in [2.45, 2.75) is 44.3 Å². The van der Waals surface area contributed by atoms with E-state index in [1.54, 1.807) is 12.3 Å². The predicted octanol–water partition coefficient (Wildman–Crippen LogP) is 2.15. The van der Waals surface area contributed by atoms with Crippen LogP contribution in [0.4, 0.5) is 4.39 Å². The van der Waals surface area contributed by atoms with Crippen LogP contribution in [-0.2, 0) is 6.54 Å². The zero-order valence-electron chi connectivity index (χ0n) is 14.1. The van der Waals surface area contributed by atoms with E-state index in [1.807, 2.05) is 16.8 Å². The molecule has 6 nitrogen and oxygen atoms in total. The molecule has 1 aromatic carbocycles. The van der Waals surface area contributed by atoms with Gasteiger partial charge in [0, 0.05) is 31.2 Å². The van der Waals surface area contributed by atoms with Crippen molar-refractivity contribution in [1.29, 1.82) is 0 Å². The van der Waals surface area contributed by atoms with Gasteiger partial charge in [-0.05, 0) is 31.7 Å². The van der Waals surface area contributed by atoms with Gasteiger partial charge in [-0.1, -0.05) is 23.4 Å². The van der Waals surface area contributed by atoms with Gasteiger partial charge >= 0.3 is 0 Å². The topological polar surface area (TPSA) is 63.1 Å². The minimum absolute atomic E-state index is 0.134. The number of aromatic nitrogens is 3. The van der Waals surface area contributed by atoms with Crippen LogP contribution in [0.5, 0.6) is 0 Å². The lowest BCUT2D eigenvalue weighted by Gasteiger charge is -2.31. The van der Waals surface area contributed by atoms with Gasteiger partial charge in [-0.15, -0.1) is 5.10 Å². The fraction of sp³-hybridized carbons (Fsp3) is 0.500. The molecule has 2 heterocycles. The van der Waals surface area contributed by atoms with E-state index in [4.69, 9.17) is 0 Å². The van der Waals surface area contributed by atoms with Crippen LogP contribution in [0.3, 0.4) is 0 Å². The van der Waals surface area contributed by atoms with E-state index in [0.717, 1.165) is 44.3 Å². The summed E-state index contributed by atoms with van der Waals surface area (Å²) in [6, 6.07) is 7.49.